The summed E-state index contributed by atoms with van der Waals surface area (Å²) >= 11 is 0. The first kappa shape index (κ1) is 17.8. The Bertz CT molecular complexity index is 484. The molecule has 1 rings (SSSR count). The molecule has 0 fully saturated rings. The van der Waals surface area contributed by atoms with Crippen LogP contribution < -0.4 is 5.06 Å². The van der Waals surface area contributed by atoms with Crippen LogP contribution in [0.5, 0.6) is 0 Å². The molecule has 0 aliphatic heterocycles. The summed E-state index contributed by atoms with van der Waals surface area (Å²) < 4.78 is 46.1. The number of nitrogens with zero attached hydrogens (tertiary/aromatic N) is 1. The number of hydrogen-bond donors (Lipinski definition) is 0. The van der Waals surface area contributed by atoms with Gasteiger partial charge in [-0.05, 0) is 20.8 Å². The van der Waals surface area contributed by atoms with Crippen molar-refractivity contribution in [1.29, 1.82) is 0 Å². The van der Waals surface area contributed by atoms with Crippen LogP contribution in [0.4, 0.5) is 18.9 Å². The predicted molar refractivity (Wildman–Crippen MR) is 73.6 cm³/mol. The van der Waals surface area contributed by atoms with Crippen LogP contribution in [0.1, 0.15) is 41.5 Å². The summed E-state index contributed by atoms with van der Waals surface area (Å²) in [7, 11) is 0. The second-order valence-corrected chi connectivity index (χ2v) is 6.99. The van der Waals surface area contributed by atoms with Crippen LogP contribution >= 0.6 is 0 Å². The third-order valence-corrected chi connectivity index (χ3v) is 2.62. The lowest BCUT2D eigenvalue weighted by molar-refractivity contribution is -0.146. The van der Waals surface area contributed by atoms with Gasteiger partial charge in [0.2, 0.25) is 0 Å². The standard InChI is InChI=1S/C15H21F3NO2/c1-14(2,3)13(21-15(4,5)6)19(20)12-10(17)7-9(16)8-11(12)18/h7-8,13H,1-6H3/t13-/m0/s1. The van der Waals surface area contributed by atoms with Crippen molar-refractivity contribution in [2.75, 3.05) is 5.06 Å². The van der Waals surface area contributed by atoms with Gasteiger partial charge in [0, 0.05) is 17.5 Å². The number of hydroxylamine groups is 1. The molecule has 21 heavy (non-hydrogen) atoms. The van der Waals surface area contributed by atoms with Crippen molar-refractivity contribution in [2.45, 2.75) is 53.4 Å². The van der Waals surface area contributed by atoms with Crippen molar-refractivity contribution in [1.82, 2.24) is 0 Å². The highest BCUT2D eigenvalue weighted by Gasteiger charge is 2.38. The van der Waals surface area contributed by atoms with Crippen molar-refractivity contribution < 1.29 is 23.1 Å². The summed E-state index contributed by atoms with van der Waals surface area (Å²) in [4.78, 5) is 0. The molecule has 0 aliphatic carbocycles. The lowest BCUT2D eigenvalue weighted by atomic mass is 9.93. The molecular formula is C15H21F3NO2. The van der Waals surface area contributed by atoms with Crippen molar-refractivity contribution in [3.8, 4) is 0 Å². The van der Waals surface area contributed by atoms with E-state index in [0.29, 0.717) is 12.1 Å². The Labute approximate surface area is 123 Å². The molecule has 1 aromatic rings. The Balaban J connectivity index is 3.27. The fourth-order valence-corrected chi connectivity index (χ4v) is 1.77. The third-order valence-electron chi connectivity index (χ3n) is 2.62. The van der Waals surface area contributed by atoms with Crippen LogP contribution in [-0.2, 0) is 9.94 Å². The summed E-state index contributed by atoms with van der Waals surface area (Å²) in [5, 5.41) is 12.5. The molecule has 0 spiro atoms. The lowest BCUT2D eigenvalue weighted by Crippen LogP contribution is -2.48. The zero-order chi connectivity index (χ0) is 16.6. The van der Waals surface area contributed by atoms with Crippen LogP contribution in [0.25, 0.3) is 0 Å². The zero-order valence-corrected chi connectivity index (χ0v) is 13.1. The summed E-state index contributed by atoms with van der Waals surface area (Å²) in [5.74, 6) is -3.59. The SMILES string of the molecule is CC(C)(C)O[C@H](N([O])c1c(F)cc(F)cc1F)C(C)(C)C. The second kappa shape index (κ2) is 5.85. The Kier molecular flexibility index (Phi) is 4.95. The molecule has 0 saturated heterocycles. The molecule has 0 aliphatic rings. The maximum Gasteiger partial charge on any atom is 0.163 e. The fraction of sp³-hybridized carbons (Fsp3) is 0.600. The van der Waals surface area contributed by atoms with Gasteiger partial charge in [-0.1, -0.05) is 26.0 Å². The molecule has 1 aromatic carbocycles. The van der Waals surface area contributed by atoms with E-state index in [-0.39, 0.29) is 5.06 Å². The Morgan fingerprint density at radius 1 is 1.00 bits per heavy atom. The molecule has 0 saturated carbocycles. The number of rotatable bonds is 3. The van der Waals surface area contributed by atoms with Gasteiger partial charge in [-0.3, -0.25) is 0 Å². The van der Waals surface area contributed by atoms with E-state index in [1.54, 1.807) is 41.5 Å². The first-order valence-corrected chi connectivity index (χ1v) is 6.61. The molecule has 3 nitrogen and oxygen atoms in total. The third kappa shape index (κ3) is 4.61. The van der Waals surface area contributed by atoms with Gasteiger partial charge >= 0.3 is 0 Å². The second-order valence-electron chi connectivity index (χ2n) is 6.99. The summed E-state index contributed by atoms with van der Waals surface area (Å²) in [6, 6.07) is 0.945. The highest BCUT2D eigenvalue weighted by atomic mass is 19.1. The van der Waals surface area contributed by atoms with Gasteiger partial charge in [-0.15, -0.1) is 0 Å². The van der Waals surface area contributed by atoms with E-state index in [1.165, 1.54) is 0 Å². The minimum atomic E-state index is -1.26. The van der Waals surface area contributed by atoms with Crippen LogP contribution in [0.3, 0.4) is 0 Å². The molecule has 1 radical (unpaired) electrons. The highest BCUT2D eigenvalue weighted by molar-refractivity contribution is 5.47. The highest BCUT2D eigenvalue weighted by Crippen LogP contribution is 2.34. The number of anilines is 1. The van der Waals surface area contributed by atoms with Crippen LogP contribution in [0.2, 0.25) is 0 Å². The van der Waals surface area contributed by atoms with Crippen LogP contribution in [0.15, 0.2) is 12.1 Å². The zero-order valence-electron chi connectivity index (χ0n) is 13.1. The van der Waals surface area contributed by atoms with Crippen LogP contribution in [-0.4, -0.2) is 11.8 Å². The summed E-state index contributed by atoms with van der Waals surface area (Å²) in [5.41, 5.74) is -2.24. The quantitative estimate of drug-likeness (QED) is 0.610. The van der Waals surface area contributed by atoms with Gasteiger partial charge in [0.05, 0.1) is 5.60 Å². The van der Waals surface area contributed by atoms with E-state index >= 15 is 0 Å². The van der Waals surface area contributed by atoms with Gasteiger partial charge in [0.15, 0.2) is 17.9 Å². The van der Waals surface area contributed by atoms with Gasteiger partial charge in [0.25, 0.3) is 0 Å². The average molecular weight is 304 g/mol. The smallest absolute Gasteiger partial charge is 0.163 e. The molecule has 0 bridgehead atoms. The number of benzene rings is 1. The monoisotopic (exact) mass is 304 g/mol. The molecule has 0 aromatic heterocycles. The van der Waals surface area contributed by atoms with E-state index in [4.69, 9.17) is 4.74 Å². The maximum absolute atomic E-state index is 13.8. The molecular weight excluding hydrogens is 283 g/mol. The van der Waals surface area contributed by atoms with Crippen LogP contribution in [0, 0.1) is 22.9 Å². The minimum absolute atomic E-state index is 0.134. The maximum atomic E-state index is 13.8. The summed E-state index contributed by atoms with van der Waals surface area (Å²) in [6.45, 7) is 10.3. The van der Waals surface area contributed by atoms with E-state index in [1.807, 2.05) is 0 Å². The normalized spacial score (nSPS) is 14.2. The van der Waals surface area contributed by atoms with Crippen molar-refractivity contribution in [3.63, 3.8) is 0 Å². The molecule has 0 unspecified atom stereocenters. The number of halogens is 3. The molecule has 0 N–H and O–H groups in total. The average Bonchev–Trinajstić information content (AvgIpc) is 2.21. The van der Waals surface area contributed by atoms with Gasteiger partial charge in [0.1, 0.15) is 11.5 Å². The number of ether oxygens (including phenoxy) is 1. The van der Waals surface area contributed by atoms with Gasteiger partial charge < -0.3 is 4.74 Å². The van der Waals surface area contributed by atoms with Crippen molar-refractivity contribution in [3.05, 3.63) is 29.6 Å². The van der Waals surface area contributed by atoms with E-state index < -0.39 is 40.4 Å². The lowest BCUT2D eigenvalue weighted by Gasteiger charge is -2.39. The van der Waals surface area contributed by atoms with E-state index in [9.17, 15) is 18.4 Å². The molecule has 0 amide bonds. The predicted octanol–water partition coefficient (Wildman–Crippen LogP) is 4.44. The topological polar surface area (TPSA) is 32.4 Å². The van der Waals surface area contributed by atoms with E-state index in [0.717, 1.165) is 0 Å². The molecule has 1 atom stereocenters. The first-order valence-electron chi connectivity index (χ1n) is 6.61. The van der Waals surface area contributed by atoms with E-state index in [2.05, 4.69) is 0 Å². The Hall–Kier alpha value is -1.27. The van der Waals surface area contributed by atoms with Crippen molar-refractivity contribution in [2.24, 2.45) is 5.41 Å². The fourth-order valence-electron chi connectivity index (χ4n) is 1.77. The molecule has 0 heterocycles. The number of hydrogen-bond acceptors (Lipinski definition) is 2. The van der Waals surface area contributed by atoms with Gasteiger partial charge in [-0.25, -0.2) is 13.2 Å². The largest absolute Gasteiger partial charge is 0.350 e. The van der Waals surface area contributed by atoms with Gasteiger partial charge in [-0.2, -0.15) is 5.06 Å². The Morgan fingerprint density at radius 2 is 1.43 bits per heavy atom. The molecule has 6 heteroatoms. The first-order chi connectivity index (χ1) is 9.33. The summed E-state index contributed by atoms with van der Waals surface area (Å²) in [6.07, 6.45) is -1.13. The minimum Gasteiger partial charge on any atom is -0.350 e. The van der Waals surface area contributed by atoms with Crippen molar-refractivity contribution >= 4 is 5.69 Å². The Morgan fingerprint density at radius 3 is 1.76 bits per heavy atom. The molecule has 119 valence electrons.